The van der Waals surface area contributed by atoms with E-state index in [0.29, 0.717) is 11.5 Å². The maximum absolute atomic E-state index is 13.3. The molecular formula is C28H29N3O5S. The lowest BCUT2D eigenvalue weighted by Gasteiger charge is -2.25. The molecule has 3 aromatic rings. The van der Waals surface area contributed by atoms with E-state index in [-0.39, 0.29) is 28.3 Å². The zero-order valence-corrected chi connectivity index (χ0v) is 21.9. The van der Waals surface area contributed by atoms with Crippen LogP contribution in [0.5, 0.6) is 0 Å². The average molecular weight is 520 g/mol. The van der Waals surface area contributed by atoms with Crippen molar-refractivity contribution in [1.82, 2.24) is 14.2 Å². The lowest BCUT2D eigenvalue weighted by atomic mass is 9.93. The van der Waals surface area contributed by atoms with Crippen molar-refractivity contribution in [2.75, 3.05) is 14.1 Å². The van der Waals surface area contributed by atoms with Crippen molar-refractivity contribution in [3.8, 4) is 0 Å². The molecule has 2 heterocycles. The second-order valence-corrected chi connectivity index (χ2v) is 11.6. The summed E-state index contributed by atoms with van der Waals surface area (Å²) in [6.45, 7) is 4.28. The maximum atomic E-state index is 13.3. The molecule has 1 unspecified atom stereocenters. The normalized spacial score (nSPS) is 17.7. The third kappa shape index (κ3) is 5.05. The highest BCUT2D eigenvalue weighted by Crippen LogP contribution is 2.40. The Labute approximate surface area is 216 Å². The summed E-state index contributed by atoms with van der Waals surface area (Å²) in [4.78, 5) is 32.1. The summed E-state index contributed by atoms with van der Waals surface area (Å²) in [5.41, 5.74) is 2.72. The Morgan fingerprint density at radius 3 is 2.22 bits per heavy atom. The first kappa shape index (κ1) is 26.2. The number of hydrogen-bond acceptors (Lipinski definition) is 6. The number of carbonyl (C=O) groups is 2. The minimum atomic E-state index is -3.67. The number of aliphatic hydroxyl groups is 1. The fourth-order valence-corrected chi connectivity index (χ4v) is 5.19. The van der Waals surface area contributed by atoms with Gasteiger partial charge in [0.2, 0.25) is 10.0 Å². The number of hydrogen-bond donors (Lipinski definition) is 1. The van der Waals surface area contributed by atoms with Crippen LogP contribution >= 0.6 is 0 Å². The predicted molar refractivity (Wildman–Crippen MR) is 140 cm³/mol. The van der Waals surface area contributed by atoms with Gasteiger partial charge in [-0.2, -0.15) is 0 Å². The molecule has 1 aromatic heterocycles. The predicted octanol–water partition coefficient (Wildman–Crippen LogP) is 4.08. The van der Waals surface area contributed by atoms with Crippen LogP contribution in [0.1, 0.15) is 48.1 Å². The highest BCUT2D eigenvalue weighted by molar-refractivity contribution is 7.89. The fourth-order valence-electron chi connectivity index (χ4n) is 4.29. The number of carbonyl (C=O) groups excluding carboxylic acids is 2. The number of Topliss-reactive ketones (excluding diaryl/α,β-unsaturated/α-hetero) is 1. The number of nitrogens with zero attached hydrogens (tertiary/aromatic N) is 3. The number of aliphatic hydroxyl groups excluding tert-OH is 1. The minimum Gasteiger partial charge on any atom is -0.507 e. The lowest BCUT2D eigenvalue weighted by molar-refractivity contribution is -0.140. The Kier molecular flexibility index (Phi) is 7.29. The van der Waals surface area contributed by atoms with Crippen LogP contribution in [0.3, 0.4) is 0 Å². The topological polar surface area (TPSA) is 108 Å². The number of ketones is 1. The van der Waals surface area contributed by atoms with Crippen LogP contribution < -0.4 is 0 Å². The van der Waals surface area contributed by atoms with E-state index in [1.165, 1.54) is 43.3 Å². The van der Waals surface area contributed by atoms with E-state index in [4.69, 9.17) is 0 Å². The van der Waals surface area contributed by atoms with Crippen molar-refractivity contribution < 1.29 is 23.1 Å². The molecule has 4 rings (SSSR count). The molecule has 1 saturated heterocycles. The first-order chi connectivity index (χ1) is 17.5. The molecule has 1 fully saturated rings. The summed E-state index contributed by atoms with van der Waals surface area (Å²) in [7, 11) is -0.810. The first-order valence-corrected chi connectivity index (χ1v) is 13.3. The number of rotatable bonds is 7. The summed E-state index contributed by atoms with van der Waals surface area (Å²) in [5.74, 6) is -1.59. The molecule has 1 N–H and O–H groups in total. The number of likely N-dealkylation sites (tertiary alicyclic amines) is 1. The van der Waals surface area contributed by atoms with Gasteiger partial charge in [-0.25, -0.2) is 12.7 Å². The van der Waals surface area contributed by atoms with Crippen LogP contribution in [0, 0.1) is 0 Å². The van der Waals surface area contributed by atoms with E-state index >= 15 is 0 Å². The number of sulfonamides is 1. The molecule has 1 aliphatic heterocycles. The number of pyridine rings is 1. The van der Waals surface area contributed by atoms with Gasteiger partial charge in [-0.15, -0.1) is 0 Å². The van der Waals surface area contributed by atoms with E-state index in [0.717, 1.165) is 15.4 Å². The molecule has 1 atom stereocenters. The van der Waals surface area contributed by atoms with Gasteiger partial charge in [0.05, 0.1) is 16.5 Å². The van der Waals surface area contributed by atoms with Crippen molar-refractivity contribution in [3.63, 3.8) is 0 Å². The van der Waals surface area contributed by atoms with Gasteiger partial charge in [0, 0.05) is 38.6 Å². The molecule has 0 aliphatic carbocycles. The summed E-state index contributed by atoms with van der Waals surface area (Å²) < 4.78 is 26.0. The zero-order chi connectivity index (χ0) is 26.9. The molecule has 1 amide bonds. The van der Waals surface area contributed by atoms with E-state index in [2.05, 4.69) is 18.8 Å². The molecule has 0 bridgehead atoms. The van der Waals surface area contributed by atoms with Gasteiger partial charge in [0.1, 0.15) is 5.76 Å². The van der Waals surface area contributed by atoms with Crippen LogP contribution in [0.25, 0.3) is 5.76 Å². The smallest absolute Gasteiger partial charge is 0.295 e. The second kappa shape index (κ2) is 10.3. The average Bonchev–Trinajstić information content (AvgIpc) is 3.13. The van der Waals surface area contributed by atoms with Crippen LogP contribution in [0.2, 0.25) is 0 Å². The Balaban J connectivity index is 1.83. The molecular weight excluding hydrogens is 490 g/mol. The summed E-state index contributed by atoms with van der Waals surface area (Å²) in [6, 6.07) is 16.0. The van der Waals surface area contributed by atoms with Crippen LogP contribution in [-0.2, 0) is 26.2 Å². The van der Waals surface area contributed by atoms with Gasteiger partial charge < -0.3 is 10.0 Å². The molecule has 0 radical (unpaired) electrons. The van der Waals surface area contributed by atoms with Crippen molar-refractivity contribution in [3.05, 3.63) is 101 Å². The van der Waals surface area contributed by atoms with Crippen LogP contribution in [0.15, 0.2) is 83.5 Å². The lowest BCUT2D eigenvalue weighted by Crippen LogP contribution is -2.29. The second-order valence-electron chi connectivity index (χ2n) is 9.42. The zero-order valence-electron chi connectivity index (χ0n) is 21.1. The summed E-state index contributed by atoms with van der Waals surface area (Å²) in [6.07, 6.45) is 3.25. The molecule has 0 spiro atoms. The Morgan fingerprint density at radius 1 is 1.03 bits per heavy atom. The molecule has 37 heavy (non-hydrogen) atoms. The van der Waals surface area contributed by atoms with Crippen molar-refractivity contribution in [2.45, 2.75) is 37.2 Å². The van der Waals surface area contributed by atoms with Crippen molar-refractivity contribution >= 4 is 27.5 Å². The SMILES string of the molecule is CC(C)c1ccc(C2C(=C(O)c3ccc(S(=O)(=O)N(C)C)cc3)C(=O)C(=O)N2Cc2cccnc2)cc1. The Morgan fingerprint density at radius 2 is 1.68 bits per heavy atom. The molecule has 2 aromatic carbocycles. The van der Waals surface area contributed by atoms with E-state index in [9.17, 15) is 23.1 Å². The van der Waals surface area contributed by atoms with Crippen LogP contribution in [0.4, 0.5) is 0 Å². The monoisotopic (exact) mass is 519 g/mol. The van der Waals surface area contributed by atoms with Gasteiger partial charge in [0.15, 0.2) is 0 Å². The van der Waals surface area contributed by atoms with E-state index < -0.39 is 27.8 Å². The molecule has 9 heteroatoms. The quantitative estimate of drug-likeness (QED) is 0.286. The van der Waals surface area contributed by atoms with Crippen molar-refractivity contribution in [1.29, 1.82) is 0 Å². The molecule has 0 saturated carbocycles. The Hall–Kier alpha value is -3.82. The number of benzene rings is 2. The molecule has 192 valence electrons. The minimum absolute atomic E-state index is 0.0468. The largest absolute Gasteiger partial charge is 0.507 e. The molecule has 1 aliphatic rings. The molecule has 8 nitrogen and oxygen atoms in total. The van der Waals surface area contributed by atoms with Gasteiger partial charge >= 0.3 is 0 Å². The third-order valence-electron chi connectivity index (χ3n) is 6.44. The standard InChI is InChI=1S/C28H29N3O5S/c1-18(2)20-7-9-21(10-8-20)25-24(27(33)28(34)31(25)17-19-6-5-15-29-16-19)26(32)22-11-13-23(14-12-22)37(35,36)30(3)4/h5-16,18,25,32H,17H2,1-4H3. The van der Waals surface area contributed by atoms with Gasteiger partial charge in [-0.1, -0.05) is 44.2 Å². The summed E-state index contributed by atoms with van der Waals surface area (Å²) in [5, 5.41) is 11.3. The maximum Gasteiger partial charge on any atom is 0.295 e. The van der Waals surface area contributed by atoms with E-state index in [1.807, 2.05) is 30.3 Å². The van der Waals surface area contributed by atoms with E-state index in [1.54, 1.807) is 18.5 Å². The number of amides is 1. The van der Waals surface area contributed by atoms with Gasteiger partial charge in [0.25, 0.3) is 11.7 Å². The van der Waals surface area contributed by atoms with Gasteiger partial charge in [-0.3, -0.25) is 14.6 Å². The Bertz CT molecular complexity index is 1450. The summed E-state index contributed by atoms with van der Waals surface area (Å²) >= 11 is 0. The third-order valence-corrected chi connectivity index (χ3v) is 8.27. The fraction of sp³-hybridized carbons (Fsp3) is 0.250. The van der Waals surface area contributed by atoms with Crippen LogP contribution in [-0.4, -0.2) is 53.5 Å². The first-order valence-electron chi connectivity index (χ1n) is 11.8. The van der Waals surface area contributed by atoms with Gasteiger partial charge in [-0.05, 0) is 52.9 Å². The highest BCUT2D eigenvalue weighted by atomic mass is 32.2. The highest BCUT2D eigenvalue weighted by Gasteiger charge is 2.46. The number of aromatic nitrogens is 1. The van der Waals surface area contributed by atoms with Crippen molar-refractivity contribution in [2.24, 2.45) is 0 Å².